The number of phenolic OH excluding ortho intramolecular Hbond substituents is 1. The summed E-state index contributed by atoms with van der Waals surface area (Å²) in [6, 6.07) is 4.74. The first-order valence-electron chi connectivity index (χ1n) is 11.0. The molecule has 0 radical (unpaired) electrons. The molecule has 2 unspecified atom stereocenters. The Labute approximate surface area is 201 Å². The average molecular weight is 501 g/mol. The number of nitrogens with one attached hydrogen (secondary N) is 2. The molecule has 0 aromatic heterocycles. The Morgan fingerprint density at radius 3 is 2.58 bits per heavy atom. The number of phenols is 1. The van der Waals surface area contributed by atoms with Crippen molar-refractivity contribution in [3.8, 4) is 5.75 Å². The lowest BCUT2D eigenvalue weighted by Gasteiger charge is -2.21. The van der Waals surface area contributed by atoms with Crippen LogP contribution in [0.25, 0.3) is 0 Å². The van der Waals surface area contributed by atoms with Crippen LogP contribution in [-0.2, 0) is 14.3 Å². The fourth-order valence-electron chi connectivity index (χ4n) is 3.20. The highest BCUT2D eigenvalue weighted by Crippen LogP contribution is 2.39. The quantitative estimate of drug-likeness (QED) is 0.146. The molecule has 1 aliphatic rings. The first-order valence-corrected chi connectivity index (χ1v) is 13.4. The highest BCUT2D eigenvalue weighted by Gasteiger charge is 2.26. The highest BCUT2D eigenvalue weighted by molar-refractivity contribution is 8.77. The minimum Gasteiger partial charge on any atom is -0.507 e. The Morgan fingerprint density at radius 2 is 1.91 bits per heavy atom. The van der Waals surface area contributed by atoms with E-state index in [1.54, 1.807) is 12.1 Å². The zero-order chi connectivity index (χ0) is 24.1. The van der Waals surface area contributed by atoms with Gasteiger partial charge in [0.1, 0.15) is 17.9 Å². The molecule has 2 rings (SSSR count). The Balaban J connectivity index is 1.83. The van der Waals surface area contributed by atoms with Crippen molar-refractivity contribution >= 4 is 39.4 Å². The van der Waals surface area contributed by atoms with Gasteiger partial charge in [-0.15, -0.1) is 0 Å². The van der Waals surface area contributed by atoms with Crippen LogP contribution in [-0.4, -0.2) is 76.0 Å². The Bertz CT molecular complexity index is 771. The van der Waals surface area contributed by atoms with Crippen molar-refractivity contribution in [3.63, 3.8) is 0 Å². The van der Waals surface area contributed by atoms with Crippen molar-refractivity contribution in [2.75, 3.05) is 25.5 Å². The molecule has 0 spiro atoms. The lowest BCUT2D eigenvalue weighted by Crippen LogP contribution is -2.45. The number of unbranched alkanes of at least 4 members (excludes halogenated alkanes) is 1. The Hall–Kier alpha value is -1.95. The second kappa shape index (κ2) is 15.0. The topological polar surface area (TPSA) is 145 Å². The summed E-state index contributed by atoms with van der Waals surface area (Å²) in [4.78, 5) is 37.1. The maximum atomic E-state index is 12.5. The van der Waals surface area contributed by atoms with Gasteiger partial charge in [-0.3, -0.25) is 9.59 Å². The molecule has 33 heavy (non-hydrogen) atoms. The number of hydrogen-bond donors (Lipinski definition) is 5. The third-order valence-corrected chi connectivity index (χ3v) is 8.10. The van der Waals surface area contributed by atoms with Crippen LogP contribution in [0.3, 0.4) is 0 Å². The molecule has 0 aliphatic carbocycles. The van der Waals surface area contributed by atoms with Gasteiger partial charge in [-0.1, -0.05) is 40.1 Å². The van der Waals surface area contributed by atoms with Crippen LogP contribution in [0.1, 0.15) is 48.9 Å². The third kappa shape index (κ3) is 9.83. The molecule has 2 atom stereocenters. The van der Waals surface area contributed by atoms with E-state index in [4.69, 9.17) is 14.9 Å². The van der Waals surface area contributed by atoms with Crippen LogP contribution >= 0.6 is 21.6 Å². The van der Waals surface area contributed by atoms with Crippen molar-refractivity contribution in [3.05, 3.63) is 29.8 Å². The third-order valence-electron chi connectivity index (χ3n) is 5.09. The molecule has 1 aromatic carbocycles. The smallest absolute Gasteiger partial charge is 0.329 e. The van der Waals surface area contributed by atoms with Crippen molar-refractivity contribution < 1.29 is 34.4 Å². The summed E-state index contributed by atoms with van der Waals surface area (Å²) in [6.45, 7) is -1.02. The lowest BCUT2D eigenvalue weighted by molar-refractivity contribution is -0.156. The lowest BCUT2D eigenvalue weighted by atomic mass is 10.1. The molecular formula is C22H32N2O7S2. The minimum absolute atomic E-state index is 0.0148. The van der Waals surface area contributed by atoms with Gasteiger partial charge in [0.15, 0.2) is 0 Å². The summed E-state index contributed by atoms with van der Waals surface area (Å²) in [6.07, 6.45) is 3.42. The van der Waals surface area contributed by atoms with Crippen LogP contribution < -0.4 is 10.6 Å². The van der Waals surface area contributed by atoms with E-state index in [9.17, 15) is 19.5 Å². The SMILES string of the molecule is O=C(CCCCC1CCSS1)NCCC(NC(=O)c1ccccc1O)C(=O)OC(CO)CO. The van der Waals surface area contributed by atoms with Gasteiger partial charge in [0, 0.05) is 24.0 Å². The molecule has 11 heteroatoms. The monoisotopic (exact) mass is 500 g/mol. The summed E-state index contributed by atoms with van der Waals surface area (Å²) in [5, 5.41) is 34.1. The van der Waals surface area contributed by atoms with Crippen LogP contribution in [0.2, 0.25) is 0 Å². The van der Waals surface area contributed by atoms with Crippen LogP contribution in [0.15, 0.2) is 24.3 Å². The molecule has 1 saturated heterocycles. The second-order valence-electron chi connectivity index (χ2n) is 7.68. The number of aliphatic hydroxyl groups is 2. The van der Waals surface area contributed by atoms with Crippen LogP contribution in [0.4, 0.5) is 0 Å². The van der Waals surface area contributed by atoms with Gasteiger partial charge in [-0.25, -0.2) is 4.79 Å². The fourth-order valence-corrected chi connectivity index (χ4v) is 6.22. The molecule has 0 bridgehead atoms. The Kier molecular flexibility index (Phi) is 12.4. The van der Waals surface area contributed by atoms with E-state index in [0.29, 0.717) is 11.7 Å². The highest BCUT2D eigenvalue weighted by atomic mass is 33.1. The van der Waals surface area contributed by atoms with E-state index in [1.165, 1.54) is 24.3 Å². The van der Waals surface area contributed by atoms with Gasteiger partial charge in [0.2, 0.25) is 5.91 Å². The first-order chi connectivity index (χ1) is 15.9. The summed E-state index contributed by atoms with van der Waals surface area (Å²) < 4.78 is 5.03. The van der Waals surface area contributed by atoms with Crippen molar-refractivity contribution in [1.29, 1.82) is 0 Å². The number of aliphatic hydroxyl groups excluding tert-OH is 2. The van der Waals surface area contributed by atoms with Gasteiger partial charge in [-0.2, -0.15) is 0 Å². The van der Waals surface area contributed by atoms with Gasteiger partial charge >= 0.3 is 5.97 Å². The number of ether oxygens (including phenoxy) is 1. The van der Waals surface area contributed by atoms with Crippen molar-refractivity contribution in [2.45, 2.75) is 55.9 Å². The van der Waals surface area contributed by atoms with Crippen molar-refractivity contribution in [2.24, 2.45) is 0 Å². The predicted molar refractivity (Wildman–Crippen MR) is 128 cm³/mol. The first kappa shape index (κ1) is 27.3. The molecule has 184 valence electrons. The molecule has 1 aromatic rings. The molecule has 1 heterocycles. The summed E-state index contributed by atoms with van der Waals surface area (Å²) in [5.74, 6) is -0.723. The number of aromatic hydroxyl groups is 1. The van der Waals surface area contributed by atoms with Gasteiger partial charge < -0.3 is 30.7 Å². The maximum Gasteiger partial charge on any atom is 0.329 e. The molecule has 9 nitrogen and oxygen atoms in total. The zero-order valence-corrected chi connectivity index (χ0v) is 20.0. The van der Waals surface area contributed by atoms with Gasteiger partial charge in [0.25, 0.3) is 5.91 Å². The molecule has 2 amide bonds. The molecule has 0 saturated carbocycles. The molecule has 1 fully saturated rings. The number of amides is 2. The number of para-hydroxylation sites is 1. The molecule has 5 N–H and O–H groups in total. The largest absolute Gasteiger partial charge is 0.507 e. The van der Waals surface area contributed by atoms with E-state index in [0.717, 1.165) is 19.3 Å². The molecule has 1 aliphatic heterocycles. The number of esters is 1. The zero-order valence-electron chi connectivity index (χ0n) is 18.4. The average Bonchev–Trinajstić information content (AvgIpc) is 3.33. The number of carbonyl (C=O) groups excluding carboxylic acids is 3. The normalized spacial score (nSPS) is 16.4. The van der Waals surface area contributed by atoms with Crippen molar-refractivity contribution in [1.82, 2.24) is 10.6 Å². The van der Waals surface area contributed by atoms with Gasteiger partial charge in [-0.05, 0) is 37.8 Å². The summed E-state index contributed by atoms with van der Waals surface area (Å²) >= 11 is 0. The van der Waals surface area contributed by atoms with E-state index in [1.807, 2.05) is 21.6 Å². The van der Waals surface area contributed by atoms with Crippen LogP contribution in [0.5, 0.6) is 5.75 Å². The second-order valence-corrected chi connectivity index (χ2v) is 10.5. The minimum atomic E-state index is -1.14. The summed E-state index contributed by atoms with van der Waals surface area (Å²) in [7, 11) is 3.82. The Morgan fingerprint density at radius 1 is 1.15 bits per heavy atom. The maximum absolute atomic E-state index is 12.5. The number of carbonyl (C=O) groups is 3. The van der Waals surface area contributed by atoms with Crippen LogP contribution in [0, 0.1) is 0 Å². The number of benzene rings is 1. The summed E-state index contributed by atoms with van der Waals surface area (Å²) in [5.41, 5.74) is -0.0148. The molecular weight excluding hydrogens is 468 g/mol. The van der Waals surface area contributed by atoms with E-state index in [2.05, 4.69) is 10.6 Å². The number of rotatable bonds is 14. The van der Waals surface area contributed by atoms with E-state index >= 15 is 0 Å². The van der Waals surface area contributed by atoms with E-state index < -0.39 is 37.2 Å². The predicted octanol–water partition coefficient (Wildman–Crippen LogP) is 1.61. The number of hydrogen-bond acceptors (Lipinski definition) is 9. The van der Waals surface area contributed by atoms with Gasteiger partial charge in [0.05, 0.1) is 18.8 Å². The van der Waals surface area contributed by atoms with E-state index in [-0.39, 0.29) is 30.2 Å². The standard InChI is InChI=1S/C22H32N2O7S2/c25-13-15(14-26)31-22(30)18(24-21(29)17-6-2-3-7-19(17)27)9-11-23-20(28)8-4-1-5-16-10-12-32-33-16/h2-3,6-7,15-16,18,25-27H,1,4-5,8-14H2,(H,23,28)(H,24,29). The fraction of sp³-hybridized carbons (Fsp3) is 0.591.